The van der Waals surface area contributed by atoms with E-state index in [2.05, 4.69) is 20.7 Å². The molecule has 0 atom stereocenters. The van der Waals surface area contributed by atoms with Gasteiger partial charge in [-0.05, 0) is 17.7 Å². The average molecular weight is 245 g/mol. The first-order chi connectivity index (χ1) is 8.63. The first-order valence-electron chi connectivity index (χ1n) is 5.68. The molecule has 94 valence electrons. The Labute approximate surface area is 105 Å². The molecule has 1 aromatic carbocycles. The van der Waals surface area contributed by atoms with Crippen molar-refractivity contribution in [2.75, 3.05) is 0 Å². The summed E-state index contributed by atoms with van der Waals surface area (Å²) in [5.41, 5.74) is 2.15. The fourth-order valence-corrected chi connectivity index (χ4v) is 1.64. The van der Waals surface area contributed by atoms with E-state index in [1.54, 1.807) is 7.05 Å². The molecule has 1 aromatic heterocycles. The number of nitrogens with one attached hydrogen (secondary N) is 1. The molecule has 1 amide bonds. The van der Waals surface area contributed by atoms with Gasteiger partial charge in [0.1, 0.15) is 0 Å². The first kappa shape index (κ1) is 12.2. The summed E-state index contributed by atoms with van der Waals surface area (Å²) in [6.07, 6.45) is 0.363. The molecule has 0 aliphatic heterocycles. The van der Waals surface area contributed by atoms with Crippen LogP contribution in [0.3, 0.4) is 0 Å². The van der Waals surface area contributed by atoms with Crippen LogP contribution in [-0.4, -0.2) is 26.1 Å². The fourth-order valence-electron chi connectivity index (χ4n) is 1.64. The van der Waals surface area contributed by atoms with Gasteiger partial charge in [0.15, 0.2) is 5.82 Å². The van der Waals surface area contributed by atoms with E-state index in [0.29, 0.717) is 18.8 Å². The molecule has 6 nitrogen and oxygen atoms in total. The molecule has 0 saturated carbocycles. The topological polar surface area (TPSA) is 72.7 Å². The molecule has 6 heteroatoms. The van der Waals surface area contributed by atoms with Gasteiger partial charge in [-0.15, -0.1) is 10.2 Å². The van der Waals surface area contributed by atoms with Crippen LogP contribution in [0.5, 0.6) is 0 Å². The van der Waals surface area contributed by atoms with Gasteiger partial charge in [-0.3, -0.25) is 4.79 Å². The third kappa shape index (κ3) is 3.38. The Morgan fingerprint density at radius 3 is 2.94 bits per heavy atom. The van der Waals surface area contributed by atoms with Crippen LogP contribution < -0.4 is 5.32 Å². The Kier molecular flexibility index (Phi) is 3.66. The van der Waals surface area contributed by atoms with Gasteiger partial charge >= 0.3 is 0 Å². The highest BCUT2D eigenvalue weighted by Crippen LogP contribution is 2.04. The monoisotopic (exact) mass is 245 g/mol. The maximum Gasteiger partial charge on any atom is 0.224 e. The Balaban J connectivity index is 1.85. The van der Waals surface area contributed by atoms with E-state index >= 15 is 0 Å². The molecule has 2 aromatic rings. The van der Waals surface area contributed by atoms with Crippen LogP contribution in [0.1, 0.15) is 17.0 Å². The van der Waals surface area contributed by atoms with E-state index in [-0.39, 0.29) is 5.91 Å². The third-order valence-electron chi connectivity index (χ3n) is 2.44. The second-order valence-corrected chi connectivity index (χ2v) is 4.14. The molecule has 0 bridgehead atoms. The van der Waals surface area contributed by atoms with Crippen LogP contribution in [0.15, 0.2) is 24.3 Å². The zero-order chi connectivity index (χ0) is 13.0. The number of aryl methyl sites for hydroxylation is 2. The quantitative estimate of drug-likeness (QED) is 0.845. The van der Waals surface area contributed by atoms with Crippen molar-refractivity contribution in [1.29, 1.82) is 0 Å². The van der Waals surface area contributed by atoms with Gasteiger partial charge in [-0.2, -0.15) is 4.80 Å². The van der Waals surface area contributed by atoms with Crippen LogP contribution >= 0.6 is 0 Å². The summed E-state index contributed by atoms with van der Waals surface area (Å²) in [6, 6.07) is 7.89. The summed E-state index contributed by atoms with van der Waals surface area (Å²) in [5.74, 6) is 0.461. The summed E-state index contributed by atoms with van der Waals surface area (Å²) in [4.78, 5) is 13.1. The van der Waals surface area contributed by atoms with Crippen molar-refractivity contribution in [3.8, 4) is 0 Å². The van der Waals surface area contributed by atoms with Gasteiger partial charge < -0.3 is 5.32 Å². The van der Waals surface area contributed by atoms with E-state index < -0.39 is 0 Å². The zero-order valence-corrected chi connectivity index (χ0v) is 10.4. The van der Waals surface area contributed by atoms with E-state index in [4.69, 9.17) is 0 Å². The maximum atomic E-state index is 11.7. The standard InChI is InChI=1S/C12H15N5O/c1-9-4-3-5-10(6-9)7-12(18)13-8-11-14-16-17(2)15-11/h3-6H,7-8H2,1-2H3,(H,13,18). The molecule has 1 heterocycles. The average Bonchev–Trinajstić information content (AvgIpc) is 2.73. The van der Waals surface area contributed by atoms with E-state index in [1.165, 1.54) is 4.80 Å². The SMILES string of the molecule is Cc1cccc(CC(=O)NCc2nnn(C)n2)c1. The molecule has 0 saturated heterocycles. The number of hydrogen-bond acceptors (Lipinski definition) is 4. The fraction of sp³-hybridized carbons (Fsp3) is 0.333. The second kappa shape index (κ2) is 5.39. The van der Waals surface area contributed by atoms with E-state index in [9.17, 15) is 4.79 Å². The molecule has 0 radical (unpaired) electrons. The number of rotatable bonds is 4. The number of benzene rings is 1. The number of amides is 1. The van der Waals surface area contributed by atoms with Crippen molar-refractivity contribution >= 4 is 5.91 Å². The smallest absolute Gasteiger partial charge is 0.224 e. The summed E-state index contributed by atoms with van der Waals surface area (Å²) in [7, 11) is 1.69. The van der Waals surface area contributed by atoms with Crippen LogP contribution in [-0.2, 0) is 24.8 Å². The van der Waals surface area contributed by atoms with Crippen molar-refractivity contribution in [2.45, 2.75) is 19.9 Å². The van der Waals surface area contributed by atoms with Gasteiger partial charge in [0, 0.05) is 0 Å². The number of carbonyl (C=O) groups is 1. The molecule has 18 heavy (non-hydrogen) atoms. The molecule has 0 fully saturated rings. The highest BCUT2D eigenvalue weighted by molar-refractivity contribution is 5.78. The molecule has 0 unspecified atom stereocenters. The van der Waals surface area contributed by atoms with Crippen molar-refractivity contribution in [3.63, 3.8) is 0 Å². The maximum absolute atomic E-state index is 11.7. The predicted octanol–water partition coefficient (Wildman–Crippen LogP) is 0.377. The number of hydrogen-bond donors (Lipinski definition) is 1. The third-order valence-corrected chi connectivity index (χ3v) is 2.44. The zero-order valence-electron chi connectivity index (χ0n) is 10.4. The minimum atomic E-state index is -0.0481. The van der Waals surface area contributed by atoms with E-state index in [0.717, 1.165) is 11.1 Å². The van der Waals surface area contributed by atoms with Crippen molar-refractivity contribution in [3.05, 3.63) is 41.2 Å². The minimum Gasteiger partial charge on any atom is -0.348 e. The number of aromatic nitrogens is 4. The van der Waals surface area contributed by atoms with Gasteiger partial charge in [-0.25, -0.2) is 0 Å². The lowest BCUT2D eigenvalue weighted by Crippen LogP contribution is -2.25. The van der Waals surface area contributed by atoms with Gasteiger partial charge in [0.2, 0.25) is 5.91 Å². The lowest BCUT2D eigenvalue weighted by molar-refractivity contribution is -0.120. The molecule has 1 N–H and O–H groups in total. The summed E-state index contributed by atoms with van der Waals surface area (Å²) in [5, 5.41) is 14.2. The summed E-state index contributed by atoms with van der Waals surface area (Å²) < 4.78 is 0. The largest absolute Gasteiger partial charge is 0.348 e. The highest BCUT2D eigenvalue weighted by Gasteiger charge is 2.05. The Hall–Kier alpha value is -2.24. The molecule has 0 aliphatic rings. The normalized spacial score (nSPS) is 10.3. The Morgan fingerprint density at radius 2 is 2.28 bits per heavy atom. The summed E-state index contributed by atoms with van der Waals surface area (Å²) >= 11 is 0. The minimum absolute atomic E-state index is 0.0481. The van der Waals surface area contributed by atoms with Crippen LogP contribution in [0.4, 0.5) is 0 Å². The lowest BCUT2D eigenvalue weighted by atomic mass is 10.1. The Morgan fingerprint density at radius 1 is 1.44 bits per heavy atom. The van der Waals surface area contributed by atoms with Crippen LogP contribution in [0, 0.1) is 6.92 Å². The van der Waals surface area contributed by atoms with Crippen LogP contribution in [0.25, 0.3) is 0 Å². The van der Waals surface area contributed by atoms with Gasteiger partial charge in [0.25, 0.3) is 0 Å². The van der Waals surface area contributed by atoms with Gasteiger partial charge in [-0.1, -0.05) is 29.8 Å². The first-order valence-corrected chi connectivity index (χ1v) is 5.68. The van der Waals surface area contributed by atoms with Crippen LogP contribution in [0.2, 0.25) is 0 Å². The van der Waals surface area contributed by atoms with Crippen molar-refractivity contribution in [1.82, 2.24) is 25.5 Å². The molecule has 0 aliphatic carbocycles. The number of nitrogens with zero attached hydrogens (tertiary/aromatic N) is 4. The second-order valence-electron chi connectivity index (χ2n) is 4.14. The van der Waals surface area contributed by atoms with Crippen molar-refractivity contribution in [2.24, 2.45) is 7.05 Å². The van der Waals surface area contributed by atoms with Crippen molar-refractivity contribution < 1.29 is 4.79 Å². The molecule has 0 spiro atoms. The number of carbonyl (C=O) groups excluding carboxylic acids is 1. The Bertz CT molecular complexity index is 549. The van der Waals surface area contributed by atoms with Gasteiger partial charge in [0.05, 0.1) is 20.0 Å². The number of tetrazole rings is 1. The predicted molar refractivity (Wildman–Crippen MR) is 65.5 cm³/mol. The highest BCUT2D eigenvalue weighted by atomic mass is 16.1. The molecule has 2 rings (SSSR count). The summed E-state index contributed by atoms with van der Waals surface area (Å²) in [6.45, 7) is 2.31. The lowest BCUT2D eigenvalue weighted by Gasteiger charge is -2.03. The van der Waals surface area contributed by atoms with E-state index in [1.807, 2.05) is 31.2 Å². The molecular formula is C12H15N5O. The molecular weight excluding hydrogens is 230 g/mol.